The van der Waals surface area contributed by atoms with Crippen LogP contribution in [0.4, 0.5) is 0 Å². The first-order chi connectivity index (χ1) is 9.30. The van der Waals surface area contributed by atoms with Gasteiger partial charge in [0.05, 0.1) is 17.8 Å². The van der Waals surface area contributed by atoms with Crippen molar-refractivity contribution in [1.82, 2.24) is 0 Å². The third-order valence-corrected chi connectivity index (χ3v) is 5.29. The SMILES string of the molecule is CC1(C)OB(C(=Cc2ccsc2CO)CS)OC1(C)C. The molecule has 0 unspecified atom stereocenters. The van der Waals surface area contributed by atoms with Crippen molar-refractivity contribution < 1.29 is 14.4 Å². The molecule has 20 heavy (non-hydrogen) atoms. The van der Waals surface area contributed by atoms with Crippen LogP contribution in [-0.4, -0.2) is 29.2 Å². The van der Waals surface area contributed by atoms with Crippen molar-refractivity contribution in [3.63, 3.8) is 0 Å². The van der Waals surface area contributed by atoms with Gasteiger partial charge in [-0.25, -0.2) is 0 Å². The summed E-state index contributed by atoms with van der Waals surface area (Å²) in [4.78, 5) is 0.945. The van der Waals surface area contributed by atoms with Crippen LogP contribution in [0.3, 0.4) is 0 Å². The van der Waals surface area contributed by atoms with Crippen molar-refractivity contribution in [3.8, 4) is 0 Å². The third-order valence-electron chi connectivity index (χ3n) is 4.00. The third kappa shape index (κ3) is 2.99. The van der Waals surface area contributed by atoms with Crippen molar-refractivity contribution in [1.29, 1.82) is 0 Å². The van der Waals surface area contributed by atoms with Gasteiger partial charge in [-0.05, 0) is 50.2 Å². The van der Waals surface area contributed by atoms with Gasteiger partial charge in [0.1, 0.15) is 0 Å². The fourth-order valence-corrected chi connectivity index (χ4v) is 2.95. The summed E-state index contributed by atoms with van der Waals surface area (Å²) < 4.78 is 12.1. The Balaban J connectivity index is 2.26. The summed E-state index contributed by atoms with van der Waals surface area (Å²) in [6, 6.07) is 1.99. The molecule has 2 heterocycles. The summed E-state index contributed by atoms with van der Waals surface area (Å²) in [5.74, 6) is 0.553. The van der Waals surface area contributed by atoms with Gasteiger partial charge in [0, 0.05) is 10.6 Å². The van der Waals surface area contributed by atoms with Crippen LogP contribution >= 0.6 is 24.0 Å². The van der Waals surface area contributed by atoms with Crippen LogP contribution in [0.15, 0.2) is 16.9 Å². The molecule has 110 valence electrons. The zero-order chi connectivity index (χ0) is 15.0. The molecule has 0 atom stereocenters. The highest BCUT2D eigenvalue weighted by Gasteiger charge is 2.52. The Morgan fingerprint density at radius 3 is 2.45 bits per heavy atom. The molecule has 1 aliphatic heterocycles. The molecule has 1 saturated heterocycles. The molecule has 0 radical (unpaired) electrons. The largest absolute Gasteiger partial charge is 0.491 e. The average molecular weight is 312 g/mol. The predicted octanol–water partition coefficient (Wildman–Crippen LogP) is 3.19. The van der Waals surface area contributed by atoms with Crippen LogP contribution in [0.25, 0.3) is 6.08 Å². The van der Waals surface area contributed by atoms with Gasteiger partial charge in [0.2, 0.25) is 0 Å². The average Bonchev–Trinajstić information content (AvgIpc) is 2.88. The zero-order valence-corrected chi connectivity index (χ0v) is 14.1. The molecule has 0 aliphatic carbocycles. The quantitative estimate of drug-likeness (QED) is 0.662. The Kier molecular flexibility index (Phi) is 4.71. The molecule has 0 aromatic carbocycles. The van der Waals surface area contributed by atoms with Gasteiger partial charge < -0.3 is 14.4 Å². The molecule has 6 heteroatoms. The lowest BCUT2D eigenvalue weighted by Gasteiger charge is -2.32. The topological polar surface area (TPSA) is 38.7 Å². The number of rotatable bonds is 4. The van der Waals surface area contributed by atoms with Gasteiger partial charge in [0.25, 0.3) is 0 Å². The molecule has 1 aliphatic rings. The van der Waals surface area contributed by atoms with Crippen molar-refractivity contribution in [3.05, 3.63) is 27.4 Å². The lowest BCUT2D eigenvalue weighted by atomic mass is 9.78. The Morgan fingerprint density at radius 1 is 1.35 bits per heavy atom. The highest BCUT2D eigenvalue weighted by molar-refractivity contribution is 7.80. The van der Waals surface area contributed by atoms with Gasteiger partial charge in [-0.3, -0.25) is 0 Å². The lowest BCUT2D eigenvalue weighted by molar-refractivity contribution is 0.00578. The van der Waals surface area contributed by atoms with Crippen molar-refractivity contribution >= 4 is 37.2 Å². The summed E-state index contributed by atoms with van der Waals surface area (Å²) in [6.07, 6.45) is 2.01. The molecule has 1 fully saturated rings. The van der Waals surface area contributed by atoms with Gasteiger partial charge in [-0.1, -0.05) is 6.08 Å². The smallest absolute Gasteiger partial charge is 0.400 e. The highest BCUT2D eigenvalue weighted by Crippen LogP contribution is 2.39. The first-order valence-corrected chi connectivity index (χ1v) is 8.16. The Hall–Kier alpha value is -0.265. The molecule has 1 N–H and O–H groups in total. The van der Waals surface area contributed by atoms with Gasteiger partial charge in [0.15, 0.2) is 0 Å². The van der Waals surface area contributed by atoms with E-state index in [1.807, 2.05) is 45.2 Å². The molecule has 0 amide bonds. The van der Waals surface area contributed by atoms with E-state index >= 15 is 0 Å². The summed E-state index contributed by atoms with van der Waals surface area (Å²) >= 11 is 5.93. The Labute approximate surface area is 130 Å². The van der Waals surface area contributed by atoms with Gasteiger partial charge >= 0.3 is 7.12 Å². The van der Waals surface area contributed by atoms with Gasteiger partial charge in [-0.15, -0.1) is 11.3 Å². The van der Waals surface area contributed by atoms with E-state index in [1.165, 1.54) is 0 Å². The van der Waals surface area contributed by atoms with Gasteiger partial charge in [-0.2, -0.15) is 12.6 Å². The molecule has 1 aromatic heterocycles. The lowest BCUT2D eigenvalue weighted by Crippen LogP contribution is -2.41. The molecule has 0 saturated carbocycles. The van der Waals surface area contributed by atoms with Crippen LogP contribution in [0, 0.1) is 0 Å². The number of aliphatic hydroxyl groups excluding tert-OH is 1. The fraction of sp³-hybridized carbons (Fsp3) is 0.571. The summed E-state index contributed by atoms with van der Waals surface area (Å²) in [7, 11) is -0.385. The number of hydrogen-bond acceptors (Lipinski definition) is 5. The van der Waals surface area contributed by atoms with Crippen molar-refractivity contribution in [2.75, 3.05) is 5.75 Å². The van der Waals surface area contributed by atoms with E-state index in [9.17, 15) is 5.11 Å². The minimum atomic E-state index is -0.385. The maximum atomic E-state index is 9.32. The van der Waals surface area contributed by atoms with Crippen LogP contribution in [0.2, 0.25) is 0 Å². The second kappa shape index (κ2) is 5.85. The number of thiophene rings is 1. The number of hydrogen-bond donors (Lipinski definition) is 2. The normalized spacial score (nSPS) is 21.5. The van der Waals surface area contributed by atoms with E-state index in [1.54, 1.807) is 11.3 Å². The first kappa shape index (κ1) is 16.1. The second-order valence-corrected chi connectivity index (χ2v) is 7.24. The molecule has 0 spiro atoms. The highest BCUT2D eigenvalue weighted by atomic mass is 32.1. The Bertz CT molecular complexity index is 492. The summed E-state index contributed by atoms with van der Waals surface area (Å²) in [5, 5.41) is 11.3. The summed E-state index contributed by atoms with van der Waals surface area (Å²) in [5.41, 5.74) is 1.28. The predicted molar refractivity (Wildman–Crippen MR) is 88.2 cm³/mol. The standard InChI is InChI=1S/C14H21BO3S2/c1-13(2)14(3,4)18-15(17-13)11(9-19)7-10-5-6-20-12(10)8-16/h5-7,16,19H,8-9H2,1-4H3. The minimum absolute atomic E-state index is 0.0483. The van der Waals surface area contributed by atoms with Crippen LogP contribution in [0.1, 0.15) is 38.1 Å². The number of aliphatic hydroxyl groups is 1. The maximum absolute atomic E-state index is 9.32. The molecular weight excluding hydrogens is 291 g/mol. The molecule has 1 aromatic rings. The fourth-order valence-electron chi connectivity index (χ4n) is 1.99. The maximum Gasteiger partial charge on any atom is 0.491 e. The van der Waals surface area contributed by atoms with E-state index in [0.717, 1.165) is 15.9 Å². The van der Waals surface area contributed by atoms with E-state index in [4.69, 9.17) is 9.31 Å². The van der Waals surface area contributed by atoms with E-state index < -0.39 is 0 Å². The Morgan fingerprint density at radius 2 is 1.95 bits per heavy atom. The first-order valence-electron chi connectivity index (χ1n) is 6.65. The van der Waals surface area contributed by atoms with E-state index in [-0.39, 0.29) is 24.9 Å². The van der Waals surface area contributed by atoms with E-state index in [2.05, 4.69) is 12.6 Å². The van der Waals surface area contributed by atoms with Crippen molar-refractivity contribution in [2.45, 2.75) is 45.5 Å². The minimum Gasteiger partial charge on any atom is -0.400 e. The van der Waals surface area contributed by atoms with Crippen molar-refractivity contribution in [2.24, 2.45) is 0 Å². The zero-order valence-electron chi connectivity index (χ0n) is 12.3. The van der Waals surface area contributed by atoms with Crippen LogP contribution in [-0.2, 0) is 15.9 Å². The molecule has 3 nitrogen and oxygen atoms in total. The van der Waals surface area contributed by atoms with Crippen LogP contribution < -0.4 is 0 Å². The van der Waals surface area contributed by atoms with Crippen LogP contribution in [0.5, 0.6) is 0 Å². The molecular formula is C14H21BO3S2. The number of thiol groups is 1. The summed E-state index contributed by atoms with van der Waals surface area (Å²) in [6.45, 7) is 8.19. The molecule has 0 bridgehead atoms. The van der Waals surface area contributed by atoms with E-state index in [0.29, 0.717) is 5.75 Å². The monoisotopic (exact) mass is 312 g/mol. The molecule has 2 rings (SSSR count). The second-order valence-electron chi connectivity index (χ2n) is 5.92.